The fourth-order valence-corrected chi connectivity index (χ4v) is 3.86. The molecule has 0 spiro atoms. The molecule has 0 aliphatic rings. The predicted molar refractivity (Wildman–Crippen MR) is 121 cm³/mol. The van der Waals surface area contributed by atoms with Gasteiger partial charge in [-0.2, -0.15) is 5.10 Å². The van der Waals surface area contributed by atoms with E-state index < -0.39 is 15.9 Å². The number of halogens is 1. The zero-order valence-electron chi connectivity index (χ0n) is 16.8. The molecule has 0 aromatic heterocycles. The van der Waals surface area contributed by atoms with E-state index in [2.05, 4.69) is 15.2 Å². The molecule has 0 fully saturated rings. The van der Waals surface area contributed by atoms with Crippen molar-refractivity contribution in [3.63, 3.8) is 0 Å². The van der Waals surface area contributed by atoms with Crippen LogP contribution in [0.3, 0.4) is 0 Å². The van der Waals surface area contributed by atoms with Crippen LogP contribution >= 0.6 is 11.6 Å². The first kappa shape index (κ1) is 22.3. The highest BCUT2D eigenvalue weighted by Gasteiger charge is 2.16. The Labute approximate surface area is 185 Å². The maximum absolute atomic E-state index is 12.7. The lowest BCUT2D eigenvalue weighted by molar-refractivity contribution is 0.0954. The third kappa shape index (κ3) is 5.84. The molecule has 1 amide bonds. The molecule has 0 radical (unpaired) electrons. The number of sulfonamides is 1. The van der Waals surface area contributed by atoms with Gasteiger partial charge in [-0.25, -0.2) is 13.8 Å². The molecule has 0 saturated carbocycles. The first-order valence-electron chi connectivity index (χ1n) is 9.16. The molecule has 0 saturated heterocycles. The quantitative estimate of drug-likeness (QED) is 0.408. The lowest BCUT2D eigenvalue weighted by Crippen LogP contribution is -2.20. The molecule has 3 rings (SSSR count). The third-order valence-corrected chi connectivity index (χ3v) is 5.97. The van der Waals surface area contributed by atoms with Crippen molar-refractivity contribution in [1.29, 1.82) is 0 Å². The van der Waals surface area contributed by atoms with Gasteiger partial charge in [0.05, 0.1) is 17.7 Å². The molecular formula is C22H20ClN3O4S. The van der Waals surface area contributed by atoms with Crippen molar-refractivity contribution in [3.05, 3.63) is 88.9 Å². The number of methoxy groups -OCH3 is 1. The van der Waals surface area contributed by atoms with Crippen LogP contribution < -0.4 is 14.9 Å². The van der Waals surface area contributed by atoms with Gasteiger partial charge >= 0.3 is 0 Å². The third-order valence-electron chi connectivity index (χ3n) is 4.34. The van der Waals surface area contributed by atoms with E-state index in [9.17, 15) is 13.2 Å². The molecule has 0 unspecified atom stereocenters. The smallest absolute Gasteiger partial charge is 0.271 e. The van der Waals surface area contributed by atoms with Crippen molar-refractivity contribution in [1.82, 2.24) is 5.43 Å². The van der Waals surface area contributed by atoms with Gasteiger partial charge in [0, 0.05) is 16.3 Å². The highest BCUT2D eigenvalue weighted by molar-refractivity contribution is 7.92. The number of ether oxygens (including phenoxy) is 1. The van der Waals surface area contributed by atoms with Crippen molar-refractivity contribution in [2.24, 2.45) is 5.10 Å². The van der Waals surface area contributed by atoms with Crippen LogP contribution in [-0.2, 0) is 10.0 Å². The van der Waals surface area contributed by atoms with Crippen molar-refractivity contribution in [3.8, 4) is 5.75 Å². The average Bonchev–Trinajstić information content (AvgIpc) is 2.78. The van der Waals surface area contributed by atoms with Gasteiger partial charge in [-0.15, -0.1) is 0 Å². The van der Waals surface area contributed by atoms with E-state index >= 15 is 0 Å². The molecule has 9 heteroatoms. The van der Waals surface area contributed by atoms with E-state index in [0.29, 0.717) is 22.2 Å². The molecule has 3 aromatic rings. The van der Waals surface area contributed by atoms with E-state index in [1.165, 1.54) is 24.3 Å². The van der Waals surface area contributed by atoms with Crippen LogP contribution in [0.1, 0.15) is 22.8 Å². The maximum atomic E-state index is 12.7. The first-order valence-corrected chi connectivity index (χ1v) is 11.0. The summed E-state index contributed by atoms with van der Waals surface area (Å²) in [6.07, 6.45) is 0. The van der Waals surface area contributed by atoms with Crippen LogP contribution in [0.25, 0.3) is 0 Å². The van der Waals surface area contributed by atoms with Crippen LogP contribution in [0.15, 0.2) is 82.8 Å². The van der Waals surface area contributed by atoms with E-state index in [1.807, 2.05) is 12.1 Å². The van der Waals surface area contributed by atoms with Crippen LogP contribution in [0, 0.1) is 0 Å². The number of anilines is 1. The van der Waals surface area contributed by atoms with E-state index in [0.717, 1.165) is 5.56 Å². The molecule has 0 atom stereocenters. The number of benzene rings is 3. The second-order valence-corrected chi connectivity index (χ2v) is 8.63. The van der Waals surface area contributed by atoms with Crippen LogP contribution in [0.4, 0.5) is 5.69 Å². The standard InChI is InChI=1S/C22H20ClN3O4S/c1-15(16-6-12-20(30-2)13-7-16)24-25-22(27)17-4-3-5-21(14-17)31(28,29)26-19-10-8-18(23)9-11-19/h3-14,26H,1-2H3,(H,25,27)/b24-15+. The monoisotopic (exact) mass is 457 g/mol. The molecule has 31 heavy (non-hydrogen) atoms. The Morgan fingerprint density at radius 1 is 0.968 bits per heavy atom. The number of nitrogens with zero attached hydrogens (tertiary/aromatic N) is 1. The Hall–Kier alpha value is -3.36. The van der Waals surface area contributed by atoms with Crippen molar-refractivity contribution >= 4 is 38.9 Å². The second kappa shape index (κ2) is 9.63. The minimum absolute atomic E-state index is 0.0500. The van der Waals surface area contributed by atoms with Crippen LogP contribution in [-0.4, -0.2) is 27.1 Å². The van der Waals surface area contributed by atoms with Gasteiger partial charge in [-0.05, 0) is 79.2 Å². The number of hydrazone groups is 1. The fraction of sp³-hybridized carbons (Fsp3) is 0.0909. The van der Waals surface area contributed by atoms with E-state index in [-0.39, 0.29) is 10.5 Å². The number of nitrogens with one attached hydrogen (secondary N) is 2. The normalized spacial score (nSPS) is 11.6. The summed E-state index contributed by atoms with van der Waals surface area (Å²) in [5, 5.41) is 4.59. The highest BCUT2D eigenvalue weighted by Crippen LogP contribution is 2.19. The van der Waals surface area contributed by atoms with Gasteiger partial charge in [-0.1, -0.05) is 17.7 Å². The summed E-state index contributed by atoms with van der Waals surface area (Å²) in [6.45, 7) is 1.75. The summed E-state index contributed by atoms with van der Waals surface area (Å²) in [5.74, 6) is 0.183. The van der Waals surface area contributed by atoms with Gasteiger partial charge in [0.25, 0.3) is 15.9 Å². The molecule has 160 valence electrons. The summed E-state index contributed by atoms with van der Waals surface area (Å²) in [4.78, 5) is 12.4. The Morgan fingerprint density at radius 2 is 1.65 bits per heavy atom. The minimum atomic E-state index is -3.88. The van der Waals surface area contributed by atoms with Gasteiger partial charge in [0.1, 0.15) is 5.75 Å². The summed E-state index contributed by atoms with van der Waals surface area (Å²) < 4.78 is 32.9. The van der Waals surface area contributed by atoms with Crippen molar-refractivity contribution in [2.75, 3.05) is 11.8 Å². The van der Waals surface area contributed by atoms with Crippen LogP contribution in [0.5, 0.6) is 5.75 Å². The zero-order chi connectivity index (χ0) is 22.4. The Balaban J connectivity index is 1.73. The number of carbonyl (C=O) groups is 1. The van der Waals surface area contributed by atoms with Crippen molar-refractivity contribution < 1.29 is 17.9 Å². The van der Waals surface area contributed by atoms with Gasteiger partial charge < -0.3 is 4.74 Å². The Morgan fingerprint density at radius 3 is 2.29 bits per heavy atom. The molecular weight excluding hydrogens is 438 g/mol. The van der Waals surface area contributed by atoms with Gasteiger partial charge in [0.2, 0.25) is 0 Å². The Kier molecular flexibility index (Phi) is 6.94. The molecule has 0 aliphatic heterocycles. The molecule has 0 heterocycles. The first-order chi connectivity index (χ1) is 14.8. The van der Waals surface area contributed by atoms with Crippen molar-refractivity contribution in [2.45, 2.75) is 11.8 Å². The highest BCUT2D eigenvalue weighted by atomic mass is 35.5. The number of hydrogen-bond donors (Lipinski definition) is 2. The molecule has 7 nitrogen and oxygen atoms in total. The second-order valence-electron chi connectivity index (χ2n) is 6.51. The lowest BCUT2D eigenvalue weighted by Gasteiger charge is -2.09. The summed E-state index contributed by atoms with van der Waals surface area (Å²) in [7, 11) is -2.31. The summed E-state index contributed by atoms with van der Waals surface area (Å²) in [5.41, 5.74) is 4.36. The molecule has 3 aromatic carbocycles. The van der Waals surface area contributed by atoms with E-state index in [4.69, 9.17) is 16.3 Å². The lowest BCUT2D eigenvalue weighted by atomic mass is 10.1. The average molecular weight is 458 g/mol. The molecule has 0 aliphatic carbocycles. The number of rotatable bonds is 7. The van der Waals surface area contributed by atoms with E-state index in [1.54, 1.807) is 50.4 Å². The summed E-state index contributed by atoms with van der Waals surface area (Å²) >= 11 is 5.82. The summed E-state index contributed by atoms with van der Waals surface area (Å²) in [6, 6.07) is 19.2. The number of hydrogen-bond acceptors (Lipinski definition) is 5. The number of amides is 1. The molecule has 0 bridgehead atoms. The SMILES string of the molecule is COc1ccc(/C(C)=N/NC(=O)c2cccc(S(=O)(=O)Nc3ccc(Cl)cc3)c2)cc1. The zero-order valence-corrected chi connectivity index (χ0v) is 18.4. The minimum Gasteiger partial charge on any atom is -0.497 e. The van der Waals surface area contributed by atoms with Gasteiger partial charge in [0.15, 0.2) is 0 Å². The molecule has 2 N–H and O–H groups in total. The maximum Gasteiger partial charge on any atom is 0.271 e. The predicted octanol–water partition coefficient (Wildman–Crippen LogP) is 4.30. The van der Waals surface area contributed by atoms with Gasteiger partial charge in [-0.3, -0.25) is 9.52 Å². The van der Waals surface area contributed by atoms with Crippen LogP contribution in [0.2, 0.25) is 5.02 Å². The largest absolute Gasteiger partial charge is 0.497 e. The fourth-order valence-electron chi connectivity index (χ4n) is 2.63. The Bertz CT molecular complexity index is 1210. The topological polar surface area (TPSA) is 96.9 Å². The number of carbonyl (C=O) groups excluding carboxylic acids is 1.